The Morgan fingerprint density at radius 2 is 1.80 bits per heavy atom. The number of hydrogen-bond acceptors (Lipinski definition) is 3. The van der Waals surface area contributed by atoms with E-state index in [9.17, 15) is 0 Å². The number of benzene rings is 1. The topological polar surface area (TPSA) is 27.7 Å². The van der Waals surface area contributed by atoms with Crippen LogP contribution in [0, 0.1) is 5.41 Å². The normalized spacial score (nSPS) is 17.7. The maximum Gasteiger partial charge on any atom is 0.161 e. The fraction of sp³-hybridized carbons (Fsp3) is 0.625. The van der Waals surface area contributed by atoms with Gasteiger partial charge in [-0.25, -0.2) is 0 Å². The predicted octanol–water partition coefficient (Wildman–Crippen LogP) is 4.05. The van der Waals surface area contributed by atoms with Gasteiger partial charge in [-0.15, -0.1) is 0 Å². The third-order valence-electron chi connectivity index (χ3n) is 3.68. The molecule has 1 aliphatic heterocycles. The molecule has 3 nitrogen and oxygen atoms in total. The first-order valence-corrected chi connectivity index (χ1v) is 8.40. The van der Waals surface area contributed by atoms with Crippen LogP contribution < -0.4 is 9.47 Å². The van der Waals surface area contributed by atoms with E-state index in [-0.39, 0.29) is 5.41 Å². The van der Waals surface area contributed by atoms with Crippen molar-refractivity contribution in [1.82, 2.24) is 0 Å². The lowest BCUT2D eigenvalue weighted by Crippen LogP contribution is -2.36. The van der Waals surface area contributed by atoms with E-state index < -0.39 is 0 Å². The van der Waals surface area contributed by atoms with Gasteiger partial charge in [-0.2, -0.15) is 0 Å². The van der Waals surface area contributed by atoms with Crippen molar-refractivity contribution in [3.63, 3.8) is 0 Å². The number of ether oxygens (including phenoxy) is 3. The predicted molar refractivity (Wildman–Crippen MR) is 84.0 cm³/mol. The summed E-state index contributed by atoms with van der Waals surface area (Å²) in [6.07, 6.45) is 3.07. The summed E-state index contributed by atoms with van der Waals surface area (Å²) in [5.41, 5.74) is 0.177. The van der Waals surface area contributed by atoms with Gasteiger partial charge >= 0.3 is 0 Å². The molecule has 0 unspecified atom stereocenters. The SMILES string of the molecule is CCCOc1ccccc1OCC1(CBr)CCOCC1. The van der Waals surface area contributed by atoms with E-state index in [1.54, 1.807) is 0 Å². The lowest BCUT2D eigenvalue weighted by Gasteiger charge is -2.35. The fourth-order valence-electron chi connectivity index (χ4n) is 2.25. The van der Waals surface area contributed by atoms with Gasteiger partial charge in [0.15, 0.2) is 11.5 Å². The third kappa shape index (κ3) is 4.13. The molecule has 0 radical (unpaired) electrons. The Labute approximate surface area is 129 Å². The Bertz CT molecular complexity index is 402. The van der Waals surface area contributed by atoms with Gasteiger partial charge in [-0.3, -0.25) is 0 Å². The van der Waals surface area contributed by atoms with E-state index in [1.165, 1.54) is 0 Å². The van der Waals surface area contributed by atoms with E-state index in [4.69, 9.17) is 14.2 Å². The van der Waals surface area contributed by atoms with E-state index in [1.807, 2.05) is 24.3 Å². The zero-order valence-electron chi connectivity index (χ0n) is 12.1. The Morgan fingerprint density at radius 3 is 2.40 bits per heavy atom. The van der Waals surface area contributed by atoms with Crippen LogP contribution in [-0.4, -0.2) is 31.8 Å². The molecule has 0 N–H and O–H groups in total. The zero-order chi connectivity index (χ0) is 14.3. The van der Waals surface area contributed by atoms with Crippen molar-refractivity contribution >= 4 is 15.9 Å². The molecule has 4 heteroatoms. The average Bonchev–Trinajstić information content (AvgIpc) is 2.52. The molecule has 0 aliphatic carbocycles. The highest BCUT2D eigenvalue weighted by atomic mass is 79.9. The number of para-hydroxylation sites is 2. The second-order valence-corrected chi connectivity index (χ2v) is 5.89. The summed E-state index contributed by atoms with van der Waals surface area (Å²) in [5, 5.41) is 0.946. The van der Waals surface area contributed by atoms with Crippen molar-refractivity contribution in [2.24, 2.45) is 5.41 Å². The summed E-state index contributed by atoms with van der Waals surface area (Å²) in [6.45, 7) is 5.17. The monoisotopic (exact) mass is 342 g/mol. The Balaban J connectivity index is 1.98. The Kier molecular flexibility index (Phi) is 6.17. The summed E-state index contributed by atoms with van der Waals surface area (Å²) >= 11 is 3.64. The van der Waals surface area contributed by atoms with Crippen molar-refractivity contribution in [3.8, 4) is 11.5 Å². The Hall–Kier alpha value is -0.740. The molecule has 1 aromatic rings. The van der Waals surface area contributed by atoms with Crippen LogP contribution in [0.25, 0.3) is 0 Å². The minimum atomic E-state index is 0.177. The first kappa shape index (κ1) is 15.6. The van der Waals surface area contributed by atoms with Crippen molar-refractivity contribution in [2.75, 3.05) is 31.8 Å². The molecule has 0 atom stereocenters. The summed E-state index contributed by atoms with van der Waals surface area (Å²) in [4.78, 5) is 0. The molecule has 1 fully saturated rings. The van der Waals surface area contributed by atoms with Crippen molar-refractivity contribution < 1.29 is 14.2 Å². The highest BCUT2D eigenvalue weighted by molar-refractivity contribution is 9.09. The van der Waals surface area contributed by atoms with Crippen molar-refractivity contribution in [2.45, 2.75) is 26.2 Å². The molecule has 1 saturated heterocycles. The van der Waals surface area contributed by atoms with Crippen molar-refractivity contribution in [1.29, 1.82) is 0 Å². The molecule has 1 heterocycles. The van der Waals surface area contributed by atoms with E-state index >= 15 is 0 Å². The minimum absolute atomic E-state index is 0.177. The summed E-state index contributed by atoms with van der Waals surface area (Å²) in [7, 11) is 0. The Morgan fingerprint density at radius 1 is 1.15 bits per heavy atom. The average molecular weight is 343 g/mol. The highest BCUT2D eigenvalue weighted by Gasteiger charge is 2.32. The number of rotatable bonds is 7. The van der Waals surface area contributed by atoms with Gasteiger partial charge in [0.2, 0.25) is 0 Å². The number of hydrogen-bond donors (Lipinski definition) is 0. The van der Waals surface area contributed by atoms with Crippen LogP contribution in [0.1, 0.15) is 26.2 Å². The maximum atomic E-state index is 6.06. The van der Waals surface area contributed by atoms with Crippen LogP contribution in [0.3, 0.4) is 0 Å². The quantitative estimate of drug-likeness (QED) is 0.699. The summed E-state index contributed by atoms with van der Waals surface area (Å²) in [5.74, 6) is 1.68. The first-order chi connectivity index (χ1) is 9.79. The third-order valence-corrected chi connectivity index (χ3v) is 4.87. The second-order valence-electron chi connectivity index (χ2n) is 5.33. The van der Waals surface area contributed by atoms with Gasteiger partial charge in [-0.05, 0) is 31.4 Å². The molecule has 1 aromatic carbocycles. The zero-order valence-corrected chi connectivity index (χ0v) is 13.7. The highest BCUT2D eigenvalue weighted by Crippen LogP contribution is 2.35. The first-order valence-electron chi connectivity index (χ1n) is 7.28. The molecule has 0 saturated carbocycles. The van der Waals surface area contributed by atoms with E-state index in [0.29, 0.717) is 6.61 Å². The molecule has 0 aromatic heterocycles. The molecule has 2 rings (SSSR count). The van der Waals surface area contributed by atoms with Gasteiger partial charge in [0, 0.05) is 24.0 Å². The largest absolute Gasteiger partial charge is 0.490 e. The van der Waals surface area contributed by atoms with E-state index in [2.05, 4.69) is 22.9 Å². The van der Waals surface area contributed by atoms with Crippen LogP contribution in [0.15, 0.2) is 24.3 Å². The standard InChI is InChI=1S/C16H23BrO3/c1-2-9-19-14-5-3-4-6-15(14)20-13-16(12-17)7-10-18-11-8-16/h3-6H,2,7-13H2,1H3. The van der Waals surface area contributed by atoms with Crippen LogP contribution in [0.4, 0.5) is 0 Å². The number of alkyl halides is 1. The molecule has 0 amide bonds. The van der Waals surface area contributed by atoms with Crippen LogP contribution in [0.5, 0.6) is 11.5 Å². The van der Waals surface area contributed by atoms with Crippen LogP contribution in [0.2, 0.25) is 0 Å². The molecule has 20 heavy (non-hydrogen) atoms. The maximum absolute atomic E-state index is 6.06. The lowest BCUT2D eigenvalue weighted by molar-refractivity contribution is 0.00304. The molecule has 0 spiro atoms. The fourth-order valence-corrected chi connectivity index (χ4v) is 2.98. The number of halogens is 1. The molecule has 1 aliphatic rings. The van der Waals surface area contributed by atoms with Gasteiger partial charge < -0.3 is 14.2 Å². The van der Waals surface area contributed by atoms with Crippen LogP contribution >= 0.6 is 15.9 Å². The van der Waals surface area contributed by atoms with E-state index in [0.717, 1.165) is 55.9 Å². The van der Waals surface area contributed by atoms with Crippen LogP contribution in [-0.2, 0) is 4.74 Å². The smallest absolute Gasteiger partial charge is 0.161 e. The summed E-state index contributed by atoms with van der Waals surface area (Å²) < 4.78 is 17.2. The molecular weight excluding hydrogens is 320 g/mol. The molecule has 0 bridgehead atoms. The van der Waals surface area contributed by atoms with Gasteiger partial charge in [-0.1, -0.05) is 35.0 Å². The summed E-state index contributed by atoms with van der Waals surface area (Å²) in [6, 6.07) is 7.91. The van der Waals surface area contributed by atoms with Gasteiger partial charge in [0.05, 0.1) is 13.2 Å². The lowest BCUT2D eigenvalue weighted by atomic mass is 9.83. The van der Waals surface area contributed by atoms with Gasteiger partial charge in [0.1, 0.15) is 0 Å². The molecule has 112 valence electrons. The minimum Gasteiger partial charge on any atom is -0.490 e. The molecular formula is C16H23BrO3. The second kappa shape index (κ2) is 7.89. The van der Waals surface area contributed by atoms with Crippen molar-refractivity contribution in [3.05, 3.63) is 24.3 Å². The van der Waals surface area contributed by atoms with Gasteiger partial charge in [0.25, 0.3) is 0 Å².